The maximum atomic E-state index is 12.2. The first-order chi connectivity index (χ1) is 10.5. The van der Waals surface area contributed by atoms with Crippen LogP contribution in [0.25, 0.3) is 0 Å². The molecule has 0 bridgehead atoms. The molecule has 0 atom stereocenters. The summed E-state index contributed by atoms with van der Waals surface area (Å²) in [5.41, 5.74) is 4.37. The lowest BCUT2D eigenvalue weighted by Gasteiger charge is -2.14. The van der Waals surface area contributed by atoms with Crippen molar-refractivity contribution in [2.45, 2.75) is 33.5 Å². The van der Waals surface area contributed by atoms with Gasteiger partial charge >= 0.3 is 0 Å². The Morgan fingerprint density at radius 3 is 2.95 bits per heavy atom. The molecule has 7 nitrogen and oxygen atoms in total. The van der Waals surface area contributed by atoms with E-state index in [9.17, 15) is 9.59 Å². The van der Waals surface area contributed by atoms with Crippen LogP contribution in [0.2, 0.25) is 0 Å². The van der Waals surface area contributed by atoms with E-state index in [4.69, 9.17) is 0 Å². The number of amides is 2. The topological polar surface area (TPSA) is 88.9 Å². The summed E-state index contributed by atoms with van der Waals surface area (Å²) in [7, 11) is 0. The summed E-state index contributed by atoms with van der Waals surface area (Å²) in [6.07, 6.45) is 0. The minimum absolute atomic E-state index is 0.0804. The second kappa shape index (κ2) is 5.59. The van der Waals surface area contributed by atoms with Crippen LogP contribution < -0.4 is 10.6 Å². The van der Waals surface area contributed by atoms with Gasteiger partial charge in [-0.3, -0.25) is 9.59 Å². The summed E-state index contributed by atoms with van der Waals surface area (Å²) in [6, 6.07) is 5.60. The van der Waals surface area contributed by atoms with Crippen molar-refractivity contribution in [2.75, 3.05) is 0 Å². The van der Waals surface area contributed by atoms with E-state index in [1.165, 1.54) is 0 Å². The van der Waals surface area contributed by atoms with Crippen LogP contribution in [0.15, 0.2) is 18.2 Å². The molecule has 1 aromatic carbocycles. The number of aromatic nitrogens is 3. The second-order valence-corrected chi connectivity index (χ2v) is 5.40. The summed E-state index contributed by atoms with van der Waals surface area (Å²) in [5, 5.41) is 13.6. The maximum Gasteiger partial charge on any atom is 0.251 e. The third kappa shape index (κ3) is 2.69. The van der Waals surface area contributed by atoms with Gasteiger partial charge in [-0.05, 0) is 37.1 Å². The van der Waals surface area contributed by atoms with E-state index in [1.807, 2.05) is 26.0 Å². The average molecular weight is 299 g/mol. The molecule has 2 N–H and O–H groups in total. The van der Waals surface area contributed by atoms with Crippen molar-refractivity contribution in [3.05, 3.63) is 46.3 Å². The molecule has 2 amide bonds. The number of carbonyl (C=O) groups excluding carboxylic acids is 2. The zero-order valence-electron chi connectivity index (χ0n) is 12.5. The van der Waals surface area contributed by atoms with Gasteiger partial charge in [0.05, 0.1) is 18.8 Å². The molecule has 0 saturated carbocycles. The highest BCUT2D eigenvalue weighted by Crippen LogP contribution is 2.11. The number of carbonyl (C=O) groups is 2. The summed E-state index contributed by atoms with van der Waals surface area (Å²) in [4.78, 5) is 23.5. The summed E-state index contributed by atoms with van der Waals surface area (Å²) < 4.78 is 1.57. The predicted octanol–water partition coefficient (Wildman–Crippen LogP) is 0.455. The van der Waals surface area contributed by atoms with E-state index in [2.05, 4.69) is 20.9 Å². The van der Waals surface area contributed by atoms with Crippen LogP contribution in [0.1, 0.15) is 32.9 Å². The summed E-state index contributed by atoms with van der Waals surface area (Å²) in [6.45, 7) is 4.84. The molecular weight excluding hydrogens is 282 g/mol. The Balaban J connectivity index is 1.69. The number of hydrogen-bond acceptors (Lipinski definition) is 4. The third-order valence-corrected chi connectivity index (χ3v) is 3.85. The van der Waals surface area contributed by atoms with Crippen LogP contribution in [-0.2, 0) is 24.4 Å². The first-order valence-electron chi connectivity index (χ1n) is 7.08. The fraction of sp³-hybridized carbons (Fsp3) is 0.333. The van der Waals surface area contributed by atoms with Crippen molar-refractivity contribution in [3.63, 3.8) is 0 Å². The average Bonchev–Trinajstić information content (AvgIpc) is 2.89. The molecule has 2 heterocycles. The number of hydrogen-bond donors (Lipinski definition) is 2. The van der Waals surface area contributed by atoms with E-state index in [-0.39, 0.29) is 24.9 Å². The molecule has 0 radical (unpaired) electrons. The van der Waals surface area contributed by atoms with Crippen molar-refractivity contribution in [1.29, 1.82) is 0 Å². The van der Waals surface area contributed by atoms with E-state index < -0.39 is 0 Å². The van der Waals surface area contributed by atoms with E-state index in [1.54, 1.807) is 10.7 Å². The van der Waals surface area contributed by atoms with Gasteiger partial charge in [0.25, 0.3) is 5.91 Å². The van der Waals surface area contributed by atoms with E-state index in [0.717, 1.165) is 16.8 Å². The molecule has 0 fully saturated rings. The van der Waals surface area contributed by atoms with Gasteiger partial charge in [-0.2, -0.15) is 0 Å². The monoisotopic (exact) mass is 299 g/mol. The highest BCUT2D eigenvalue weighted by molar-refractivity contribution is 5.94. The van der Waals surface area contributed by atoms with Gasteiger partial charge in [0.15, 0.2) is 0 Å². The quantitative estimate of drug-likeness (QED) is 0.861. The molecule has 0 unspecified atom stereocenters. The molecular formula is C15H17N5O2. The van der Waals surface area contributed by atoms with Crippen LogP contribution in [0, 0.1) is 13.8 Å². The lowest BCUT2D eigenvalue weighted by atomic mass is 10.1. The number of nitrogens with zero attached hydrogens (tertiary/aromatic N) is 3. The minimum atomic E-state index is -0.148. The second-order valence-electron chi connectivity index (χ2n) is 5.40. The van der Waals surface area contributed by atoms with Crippen LogP contribution >= 0.6 is 0 Å². The van der Waals surface area contributed by atoms with Gasteiger partial charge in [-0.15, -0.1) is 5.10 Å². The van der Waals surface area contributed by atoms with Gasteiger partial charge < -0.3 is 10.6 Å². The third-order valence-electron chi connectivity index (χ3n) is 3.85. The van der Waals surface area contributed by atoms with Gasteiger partial charge in [0.2, 0.25) is 5.91 Å². The number of aryl methyl sites for hydroxylation is 2. The fourth-order valence-electron chi connectivity index (χ4n) is 2.35. The Morgan fingerprint density at radius 2 is 2.18 bits per heavy atom. The smallest absolute Gasteiger partial charge is 0.251 e. The Morgan fingerprint density at radius 1 is 1.36 bits per heavy atom. The first-order valence-corrected chi connectivity index (χ1v) is 7.08. The van der Waals surface area contributed by atoms with Gasteiger partial charge in [-0.1, -0.05) is 11.3 Å². The molecule has 1 aromatic heterocycles. The Hall–Kier alpha value is -2.70. The number of fused-ring (bicyclic) bond motifs is 1. The molecule has 7 heteroatoms. The number of benzene rings is 1. The molecule has 2 aromatic rings. The molecule has 3 rings (SSSR count). The van der Waals surface area contributed by atoms with Crippen LogP contribution in [-0.4, -0.2) is 26.8 Å². The summed E-state index contributed by atoms with van der Waals surface area (Å²) >= 11 is 0. The standard InChI is InChI=1S/C15H17N5O2/c1-9-3-4-11(5-10(9)2)15(22)17-6-12-13-7-16-14(21)8-20(13)19-18-12/h3-5H,6-8H2,1-2H3,(H,16,21)(H,17,22). The van der Waals surface area contributed by atoms with Crippen molar-refractivity contribution in [3.8, 4) is 0 Å². The van der Waals surface area contributed by atoms with Crippen LogP contribution in [0.4, 0.5) is 0 Å². The maximum absolute atomic E-state index is 12.2. The fourth-order valence-corrected chi connectivity index (χ4v) is 2.35. The van der Waals surface area contributed by atoms with Crippen molar-refractivity contribution < 1.29 is 9.59 Å². The molecule has 22 heavy (non-hydrogen) atoms. The van der Waals surface area contributed by atoms with Crippen LogP contribution in [0.3, 0.4) is 0 Å². The van der Waals surface area contributed by atoms with Crippen molar-refractivity contribution in [2.24, 2.45) is 0 Å². The van der Waals surface area contributed by atoms with E-state index >= 15 is 0 Å². The zero-order chi connectivity index (χ0) is 15.7. The summed E-state index contributed by atoms with van der Waals surface area (Å²) in [5.74, 6) is -0.229. The molecule has 1 aliphatic rings. The van der Waals surface area contributed by atoms with Crippen LogP contribution in [0.5, 0.6) is 0 Å². The van der Waals surface area contributed by atoms with Crippen molar-refractivity contribution in [1.82, 2.24) is 25.6 Å². The highest BCUT2D eigenvalue weighted by Gasteiger charge is 2.20. The minimum Gasteiger partial charge on any atom is -0.349 e. The molecule has 0 spiro atoms. The molecule has 114 valence electrons. The molecule has 0 saturated heterocycles. The Labute approximate surface area is 127 Å². The SMILES string of the molecule is Cc1ccc(C(=O)NCc2nnn3c2CNC(=O)C3)cc1C. The lowest BCUT2D eigenvalue weighted by Crippen LogP contribution is -2.35. The normalized spacial score (nSPS) is 13.5. The van der Waals surface area contributed by atoms with Gasteiger partial charge in [-0.25, -0.2) is 4.68 Å². The molecule has 1 aliphatic heterocycles. The Kier molecular flexibility index (Phi) is 3.62. The lowest BCUT2D eigenvalue weighted by molar-refractivity contribution is -0.122. The highest BCUT2D eigenvalue weighted by atomic mass is 16.2. The van der Waals surface area contributed by atoms with Gasteiger partial charge in [0, 0.05) is 5.56 Å². The van der Waals surface area contributed by atoms with Crippen molar-refractivity contribution >= 4 is 11.8 Å². The zero-order valence-corrected chi connectivity index (χ0v) is 12.5. The predicted molar refractivity (Wildman–Crippen MR) is 79.0 cm³/mol. The first kappa shape index (κ1) is 14.2. The van der Waals surface area contributed by atoms with E-state index in [0.29, 0.717) is 17.8 Å². The van der Waals surface area contributed by atoms with Gasteiger partial charge in [0.1, 0.15) is 12.2 Å². The number of nitrogens with one attached hydrogen (secondary N) is 2. The molecule has 0 aliphatic carbocycles. The number of rotatable bonds is 3. The largest absolute Gasteiger partial charge is 0.349 e. The Bertz CT molecular complexity index is 750.